The van der Waals surface area contributed by atoms with Crippen LogP contribution in [0.4, 0.5) is 5.13 Å². The Bertz CT molecular complexity index is 960. The minimum atomic E-state index is -0.109. The van der Waals surface area contributed by atoms with Gasteiger partial charge in [0.2, 0.25) is 0 Å². The van der Waals surface area contributed by atoms with Gasteiger partial charge in [0.15, 0.2) is 5.13 Å². The number of aromatic nitrogens is 1. The summed E-state index contributed by atoms with van der Waals surface area (Å²) in [6.45, 7) is 7.51. The number of fused-ring (bicyclic) bond motifs is 1. The highest BCUT2D eigenvalue weighted by Gasteiger charge is 2.23. The summed E-state index contributed by atoms with van der Waals surface area (Å²) in [5.74, 6) is -0.109. The molecule has 0 radical (unpaired) electrons. The number of anilines is 1. The predicted molar refractivity (Wildman–Crippen MR) is 130 cm³/mol. The van der Waals surface area contributed by atoms with Crippen LogP contribution in [0.3, 0.4) is 0 Å². The Morgan fingerprint density at radius 3 is 2.52 bits per heavy atom. The molecule has 1 amide bonds. The first kappa shape index (κ1) is 24.0. The number of carbonyl (C=O) groups excluding carboxylic acids is 1. The van der Waals surface area contributed by atoms with E-state index in [1.807, 2.05) is 18.2 Å². The number of rotatable bonds is 8. The van der Waals surface area contributed by atoms with Crippen molar-refractivity contribution < 1.29 is 4.79 Å². The van der Waals surface area contributed by atoms with Gasteiger partial charge < -0.3 is 4.90 Å². The molecule has 0 aliphatic rings. The zero-order valence-corrected chi connectivity index (χ0v) is 19.9. The number of thiazole rings is 1. The van der Waals surface area contributed by atoms with E-state index >= 15 is 0 Å². The summed E-state index contributed by atoms with van der Waals surface area (Å²) in [5, 5.41) is 1.18. The van der Waals surface area contributed by atoms with Crippen LogP contribution in [0.15, 0.2) is 47.4 Å². The standard InChI is InChI=1S/C21H24ClN3OS2.ClH/c1-4-24(5-2)12-13-25(20(26)16-8-6-7-9-17(16)22)21-23-18-11-10-15(27-3)14-19(18)28-21;/h6-11,14H,4-5,12-13H2,1-3H3;1H. The fraction of sp³-hybridized carbons (Fsp3) is 0.333. The van der Waals surface area contributed by atoms with E-state index in [0.717, 1.165) is 29.9 Å². The Hall–Kier alpha value is -1.31. The molecular formula is C21H25Cl2N3OS2. The van der Waals surface area contributed by atoms with Crippen molar-refractivity contribution in [2.24, 2.45) is 0 Å². The summed E-state index contributed by atoms with van der Waals surface area (Å²) in [6.07, 6.45) is 2.06. The molecule has 0 spiro atoms. The largest absolute Gasteiger partial charge is 0.302 e. The third-order valence-electron chi connectivity index (χ3n) is 4.70. The van der Waals surface area contributed by atoms with Crippen LogP contribution in [0, 0.1) is 0 Å². The second-order valence-corrected chi connectivity index (χ2v) is 8.59. The Labute approximate surface area is 191 Å². The molecule has 0 atom stereocenters. The topological polar surface area (TPSA) is 36.4 Å². The molecule has 1 aromatic heterocycles. The number of halogens is 2. The van der Waals surface area contributed by atoms with Gasteiger partial charge in [-0.25, -0.2) is 4.98 Å². The minimum absolute atomic E-state index is 0. The van der Waals surface area contributed by atoms with Crippen LogP contribution in [0.1, 0.15) is 24.2 Å². The molecule has 0 fully saturated rings. The van der Waals surface area contributed by atoms with E-state index in [-0.39, 0.29) is 18.3 Å². The van der Waals surface area contributed by atoms with Crippen molar-refractivity contribution in [3.63, 3.8) is 0 Å². The summed E-state index contributed by atoms with van der Waals surface area (Å²) in [5.41, 5.74) is 1.42. The molecule has 0 N–H and O–H groups in total. The first-order valence-corrected chi connectivity index (χ1v) is 11.7. The molecule has 3 aromatic rings. The molecule has 0 bridgehead atoms. The fourth-order valence-corrected chi connectivity index (χ4v) is 4.74. The summed E-state index contributed by atoms with van der Waals surface area (Å²) >= 11 is 9.56. The van der Waals surface area contributed by atoms with E-state index in [1.54, 1.807) is 40.1 Å². The summed E-state index contributed by atoms with van der Waals surface area (Å²) < 4.78 is 1.08. The van der Waals surface area contributed by atoms with Crippen molar-refractivity contribution in [3.05, 3.63) is 53.1 Å². The predicted octanol–water partition coefficient (Wildman–Crippen LogP) is 6.08. The van der Waals surface area contributed by atoms with Crippen LogP contribution in [0.25, 0.3) is 10.2 Å². The molecule has 0 aliphatic carbocycles. The lowest BCUT2D eigenvalue weighted by Crippen LogP contribution is -2.39. The maximum atomic E-state index is 13.3. The number of hydrogen-bond acceptors (Lipinski definition) is 5. The first-order chi connectivity index (χ1) is 13.6. The minimum Gasteiger partial charge on any atom is -0.302 e. The lowest BCUT2D eigenvalue weighted by atomic mass is 10.2. The molecular weight excluding hydrogens is 445 g/mol. The molecule has 0 unspecified atom stereocenters. The zero-order chi connectivity index (χ0) is 20.1. The van der Waals surface area contributed by atoms with Gasteiger partial charge >= 0.3 is 0 Å². The SMILES string of the molecule is CCN(CC)CCN(C(=O)c1ccccc1Cl)c1nc2ccc(SC)cc2s1.Cl. The van der Waals surface area contributed by atoms with Gasteiger partial charge in [-0.1, -0.05) is 48.9 Å². The number of nitrogens with zero attached hydrogens (tertiary/aromatic N) is 3. The van der Waals surface area contributed by atoms with E-state index < -0.39 is 0 Å². The number of hydrogen-bond donors (Lipinski definition) is 0. The Balaban J connectivity index is 0.00000300. The molecule has 2 aromatic carbocycles. The van der Waals surface area contributed by atoms with Crippen LogP contribution in [-0.2, 0) is 0 Å². The van der Waals surface area contributed by atoms with E-state index in [9.17, 15) is 4.79 Å². The third-order valence-corrected chi connectivity index (χ3v) is 6.79. The lowest BCUT2D eigenvalue weighted by molar-refractivity contribution is 0.0984. The van der Waals surface area contributed by atoms with Crippen molar-refractivity contribution in [3.8, 4) is 0 Å². The van der Waals surface area contributed by atoms with Crippen molar-refractivity contribution in [1.82, 2.24) is 9.88 Å². The number of carbonyl (C=O) groups is 1. The highest BCUT2D eigenvalue weighted by molar-refractivity contribution is 7.98. The number of benzene rings is 2. The van der Waals surface area contributed by atoms with Crippen molar-refractivity contribution in [2.75, 3.05) is 37.3 Å². The Morgan fingerprint density at radius 2 is 1.86 bits per heavy atom. The van der Waals surface area contributed by atoms with Gasteiger partial charge in [0.1, 0.15) is 0 Å². The Kier molecular flexibility index (Phi) is 9.24. The molecule has 4 nitrogen and oxygen atoms in total. The monoisotopic (exact) mass is 469 g/mol. The summed E-state index contributed by atoms with van der Waals surface area (Å²) in [6, 6.07) is 13.4. The number of likely N-dealkylation sites (N-methyl/N-ethyl adjacent to an activating group) is 1. The van der Waals surface area contributed by atoms with Crippen LogP contribution >= 0.6 is 47.1 Å². The molecule has 0 saturated heterocycles. The van der Waals surface area contributed by atoms with Crippen molar-refractivity contribution >= 4 is 68.4 Å². The van der Waals surface area contributed by atoms with E-state index in [0.29, 0.717) is 22.3 Å². The number of thioether (sulfide) groups is 1. The first-order valence-electron chi connectivity index (χ1n) is 9.30. The van der Waals surface area contributed by atoms with E-state index in [2.05, 4.69) is 37.1 Å². The van der Waals surface area contributed by atoms with Gasteiger partial charge in [-0.05, 0) is 49.7 Å². The van der Waals surface area contributed by atoms with Crippen LogP contribution in [0.5, 0.6) is 0 Å². The highest BCUT2D eigenvalue weighted by atomic mass is 35.5. The van der Waals surface area contributed by atoms with Crippen molar-refractivity contribution in [1.29, 1.82) is 0 Å². The van der Waals surface area contributed by atoms with Gasteiger partial charge in [0.25, 0.3) is 5.91 Å². The van der Waals surface area contributed by atoms with Crippen molar-refractivity contribution in [2.45, 2.75) is 18.7 Å². The fourth-order valence-electron chi connectivity index (χ4n) is 2.98. The normalized spacial score (nSPS) is 10.9. The van der Waals surface area contributed by atoms with E-state index in [4.69, 9.17) is 16.6 Å². The number of amides is 1. The van der Waals surface area contributed by atoms with Gasteiger partial charge in [0.05, 0.1) is 20.8 Å². The third kappa shape index (κ3) is 5.64. The average molecular weight is 470 g/mol. The second-order valence-electron chi connectivity index (χ2n) is 6.29. The van der Waals surface area contributed by atoms with E-state index in [1.165, 1.54) is 4.90 Å². The highest BCUT2D eigenvalue weighted by Crippen LogP contribution is 2.32. The van der Waals surface area contributed by atoms with Gasteiger partial charge in [-0.3, -0.25) is 9.69 Å². The molecule has 1 heterocycles. The van der Waals surface area contributed by atoms with Gasteiger partial charge in [0, 0.05) is 18.0 Å². The summed E-state index contributed by atoms with van der Waals surface area (Å²) in [4.78, 5) is 23.3. The molecule has 3 rings (SSSR count). The molecule has 156 valence electrons. The average Bonchev–Trinajstić information content (AvgIpc) is 3.14. The lowest BCUT2D eigenvalue weighted by Gasteiger charge is -2.25. The van der Waals surface area contributed by atoms with Crippen LogP contribution < -0.4 is 4.90 Å². The molecule has 0 saturated carbocycles. The smallest absolute Gasteiger partial charge is 0.261 e. The van der Waals surface area contributed by atoms with Gasteiger partial charge in [-0.2, -0.15) is 0 Å². The maximum absolute atomic E-state index is 13.3. The van der Waals surface area contributed by atoms with Crippen LogP contribution in [0.2, 0.25) is 5.02 Å². The zero-order valence-electron chi connectivity index (χ0n) is 16.7. The Morgan fingerprint density at radius 1 is 1.14 bits per heavy atom. The quantitative estimate of drug-likeness (QED) is 0.374. The van der Waals surface area contributed by atoms with Crippen LogP contribution in [-0.4, -0.2) is 48.2 Å². The van der Waals surface area contributed by atoms with Gasteiger partial charge in [-0.15, -0.1) is 24.2 Å². The second kappa shape index (κ2) is 11.2. The molecule has 29 heavy (non-hydrogen) atoms. The molecule has 0 aliphatic heterocycles. The summed E-state index contributed by atoms with van der Waals surface area (Å²) in [7, 11) is 0. The molecule has 8 heteroatoms. The maximum Gasteiger partial charge on any atom is 0.261 e.